The van der Waals surface area contributed by atoms with Crippen molar-refractivity contribution in [3.8, 4) is 40.2 Å². The van der Waals surface area contributed by atoms with Crippen molar-refractivity contribution in [2.45, 2.75) is 174 Å². The van der Waals surface area contributed by atoms with Crippen molar-refractivity contribution >= 4 is 40.3 Å². The lowest BCUT2D eigenvalue weighted by atomic mass is 9.77. The number of phenols is 2. The Labute approximate surface area is 497 Å². The fraction of sp³-hybridized carbons (Fsp3) is 0.392. The molecule has 4 N–H and O–H groups in total. The molecule has 0 unspecified atom stereocenters. The molecule has 0 radical (unpaired) electrons. The Morgan fingerprint density at radius 2 is 0.845 bits per heavy atom. The molecule has 3 aliphatic rings. The average Bonchev–Trinajstić information content (AvgIpc) is 3.71. The van der Waals surface area contributed by atoms with E-state index in [1.165, 1.54) is 92.5 Å². The van der Waals surface area contributed by atoms with E-state index in [-0.39, 0.29) is 45.1 Å². The van der Waals surface area contributed by atoms with Crippen molar-refractivity contribution in [2.75, 3.05) is 10.6 Å². The van der Waals surface area contributed by atoms with Gasteiger partial charge in [0.2, 0.25) is 11.6 Å². The highest BCUT2D eigenvalue weighted by Gasteiger charge is 2.41. The van der Waals surface area contributed by atoms with Gasteiger partial charge in [-0.2, -0.15) is 0 Å². The lowest BCUT2D eigenvalue weighted by molar-refractivity contribution is 0.0734. The maximum absolute atomic E-state index is 15.6. The molecule has 10 nitrogen and oxygen atoms in total. The van der Waals surface area contributed by atoms with E-state index in [1.54, 1.807) is 42.5 Å². The Balaban J connectivity index is 0.992. The van der Waals surface area contributed by atoms with E-state index >= 15 is 9.59 Å². The highest BCUT2D eigenvalue weighted by atomic mass is 16.5. The number of unbranched alkanes of at least 4 members (excludes halogenated alkanes) is 5. The summed E-state index contributed by atoms with van der Waals surface area (Å²) in [6, 6.07) is 41.0. The predicted molar refractivity (Wildman–Crippen MR) is 337 cm³/mol. The topological polar surface area (TPSA) is 143 Å². The number of hydrogen-bond donors (Lipinski definition) is 4. The Morgan fingerprint density at radius 3 is 1.27 bits per heavy atom. The monoisotopic (exact) mass is 1130 g/mol. The van der Waals surface area contributed by atoms with Crippen molar-refractivity contribution in [1.82, 2.24) is 0 Å². The van der Waals surface area contributed by atoms with Gasteiger partial charge < -0.3 is 35.1 Å². The zero-order valence-electron chi connectivity index (χ0n) is 49.7. The molecule has 0 spiro atoms. The van der Waals surface area contributed by atoms with Crippen LogP contribution >= 0.6 is 0 Å². The van der Waals surface area contributed by atoms with Gasteiger partial charge in [0.15, 0.2) is 23.0 Å². The smallest absolute Gasteiger partial charge is 0.343 e. The molecule has 10 heteroatoms. The van der Waals surface area contributed by atoms with Gasteiger partial charge in [0.1, 0.15) is 17.2 Å². The molecular formula is C74H84N2O8. The molecule has 3 aliphatic carbocycles. The molecule has 0 saturated heterocycles. The van der Waals surface area contributed by atoms with E-state index in [9.17, 15) is 15.0 Å². The molecule has 10 rings (SSSR count). The number of anilines is 4. The van der Waals surface area contributed by atoms with Crippen LogP contribution in [-0.2, 0) is 12.8 Å². The molecule has 0 aliphatic heterocycles. The summed E-state index contributed by atoms with van der Waals surface area (Å²) < 4.78 is 18.8. The molecule has 438 valence electrons. The second-order valence-electron chi connectivity index (χ2n) is 23.9. The summed E-state index contributed by atoms with van der Waals surface area (Å²) in [5.41, 5.74) is 5.72. The zero-order valence-corrected chi connectivity index (χ0v) is 49.7. The van der Waals surface area contributed by atoms with Gasteiger partial charge in [0.25, 0.3) is 0 Å². The van der Waals surface area contributed by atoms with E-state index < -0.39 is 29.0 Å². The quantitative estimate of drug-likeness (QED) is 0.0189. The number of rotatable bonds is 25. The Kier molecular flexibility index (Phi) is 19.9. The lowest BCUT2D eigenvalue weighted by Gasteiger charge is -2.29. The minimum atomic E-state index is -0.721. The van der Waals surface area contributed by atoms with Crippen LogP contribution in [0.15, 0.2) is 133 Å². The van der Waals surface area contributed by atoms with E-state index in [4.69, 9.17) is 14.2 Å². The number of aromatic hydroxyl groups is 2. The second kappa shape index (κ2) is 28.2. The van der Waals surface area contributed by atoms with Gasteiger partial charge in [-0.25, -0.2) is 4.79 Å². The molecule has 0 aromatic heterocycles. The molecule has 0 amide bonds. The van der Waals surface area contributed by atoms with Crippen molar-refractivity contribution in [3.05, 3.63) is 184 Å². The summed E-state index contributed by atoms with van der Waals surface area (Å²) in [6.07, 6.45) is 24.4. The summed E-state index contributed by atoms with van der Waals surface area (Å²) in [5.74, 6) is 0.728. The van der Waals surface area contributed by atoms with E-state index in [1.807, 2.05) is 60.7 Å². The van der Waals surface area contributed by atoms with Crippen LogP contribution in [0, 0.1) is 11.8 Å². The number of esters is 1. The Hall–Kier alpha value is -7.85. The normalized spacial score (nSPS) is 17.5. The number of ether oxygens (including phenoxy) is 3. The number of fused-ring (bicyclic) bond motifs is 2. The van der Waals surface area contributed by atoms with Gasteiger partial charge in [0, 0.05) is 23.5 Å². The summed E-state index contributed by atoms with van der Waals surface area (Å²) in [7, 11) is 0. The maximum atomic E-state index is 15.6. The summed E-state index contributed by atoms with van der Waals surface area (Å²) >= 11 is 0. The number of carbonyl (C=O) groups excluding carboxylic acids is 3. The maximum Gasteiger partial charge on any atom is 0.343 e. The van der Waals surface area contributed by atoms with Crippen LogP contribution < -0.4 is 24.8 Å². The van der Waals surface area contributed by atoms with Crippen LogP contribution in [0.4, 0.5) is 22.7 Å². The minimum absolute atomic E-state index is 0.0252. The number of phenolic OH excluding ortho intramolecular Hbond substituents is 2. The van der Waals surface area contributed by atoms with Gasteiger partial charge >= 0.3 is 5.97 Å². The van der Waals surface area contributed by atoms with Gasteiger partial charge in [-0.1, -0.05) is 134 Å². The van der Waals surface area contributed by atoms with Crippen LogP contribution in [0.25, 0.3) is 0 Å². The van der Waals surface area contributed by atoms with Gasteiger partial charge in [0.05, 0.1) is 39.2 Å². The van der Waals surface area contributed by atoms with Crippen LogP contribution in [0.1, 0.15) is 226 Å². The van der Waals surface area contributed by atoms with Crippen LogP contribution in [0.3, 0.4) is 0 Å². The van der Waals surface area contributed by atoms with Crippen molar-refractivity contribution in [3.63, 3.8) is 0 Å². The van der Waals surface area contributed by atoms with Crippen LogP contribution in [0.2, 0.25) is 0 Å². The third kappa shape index (κ3) is 14.2. The largest absolute Gasteiger partial charge is 0.504 e. The SMILES string of the molecule is CCCCCc1ccc(Nc2cc(Oc3ccc(C4CCC(CCCC)CC4)cc3)c(O)c3c2C(=O)c2c(O)c(Oc4ccc(C5CCC(CCCC)CC5)cc4)cc(Nc4ccc(C(=O)Oc5ccc(CCCC)cc5)cc4)c2C3=O)cc1. The van der Waals surface area contributed by atoms with Gasteiger partial charge in [-0.3, -0.25) is 9.59 Å². The first-order valence-electron chi connectivity index (χ1n) is 31.5. The Bertz CT molecular complexity index is 3350. The van der Waals surface area contributed by atoms with E-state index in [0.717, 1.165) is 82.5 Å². The molecule has 0 atom stereocenters. The van der Waals surface area contributed by atoms with E-state index in [0.29, 0.717) is 46.0 Å². The predicted octanol–water partition coefficient (Wildman–Crippen LogP) is 20.2. The molecule has 84 heavy (non-hydrogen) atoms. The van der Waals surface area contributed by atoms with Gasteiger partial charge in [-0.15, -0.1) is 0 Å². The summed E-state index contributed by atoms with van der Waals surface area (Å²) in [6.45, 7) is 8.84. The first-order chi connectivity index (χ1) is 41.0. The van der Waals surface area contributed by atoms with Crippen LogP contribution in [0.5, 0.6) is 40.2 Å². The number of benzene rings is 7. The van der Waals surface area contributed by atoms with Crippen molar-refractivity contribution < 1.29 is 38.8 Å². The third-order valence-corrected chi connectivity index (χ3v) is 17.9. The molecule has 2 fully saturated rings. The lowest BCUT2D eigenvalue weighted by Crippen LogP contribution is -2.24. The first kappa shape index (κ1) is 59.3. The Morgan fingerprint density at radius 1 is 0.452 bits per heavy atom. The number of carbonyl (C=O) groups is 3. The van der Waals surface area contributed by atoms with E-state index in [2.05, 4.69) is 62.6 Å². The van der Waals surface area contributed by atoms with Crippen molar-refractivity contribution in [1.29, 1.82) is 0 Å². The van der Waals surface area contributed by atoms with Crippen LogP contribution in [-0.4, -0.2) is 27.7 Å². The number of nitrogens with one attached hydrogen (secondary N) is 2. The fourth-order valence-corrected chi connectivity index (χ4v) is 12.8. The molecule has 2 saturated carbocycles. The third-order valence-electron chi connectivity index (χ3n) is 17.9. The number of hydrogen-bond acceptors (Lipinski definition) is 10. The first-order valence-corrected chi connectivity index (χ1v) is 31.5. The molecule has 0 bridgehead atoms. The average molecular weight is 1130 g/mol. The number of ketones is 2. The number of aryl methyl sites for hydroxylation is 2. The molecule has 0 heterocycles. The molecule has 7 aromatic rings. The molecular weight excluding hydrogens is 1040 g/mol. The van der Waals surface area contributed by atoms with Gasteiger partial charge in [-0.05, 0) is 196 Å². The van der Waals surface area contributed by atoms with Crippen molar-refractivity contribution in [2.24, 2.45) is 11.8 Å². The molecule has 7 aromatic carbocycles. The second-order valence-corrected chi connectivity index (χ2v) is 23.9. The zero-order chi connectivity index (χ0) is 58.5. The summed E-state index contributed by atoms with van der Waals surface area (Å²) in [5, 5.41) is 31.6. The minimum Gasteiger partial charge on any atom is -0.504 e. The summed E-state index contributed by atoms with van der Waals surface area (Å²) in [4.78, 5) is 44.6. The highest BCUT2D eigenvalue weighted by molar-refractivity contribution is 6.34. The highest BCUT2D eigenvalue weighted by Crippen LogP contribution is 2.51. The standard InChI is InChI=1S/C74H84N2O8/c1-5-9-13-17-51-22-36-57(37-23-51)75-62-46-64(82-59-42-32-54(33-43-59)52-26-18-48(19-27-52)14-10-6-2)70(77)68-66(62)72(79)69-67(73(68)80)63(76-58-38-30-56(31-39-58)74(81)84-61-40-24-50(25-41-61)16-12-8-4)47-65(71(69)78)83-60-44-34-55(35-45-60)53-28-20-49(21-29-53)15-11-7-3/h22-25,30-49,52-53,75-78H,5-21,26-29H2,1-4H3. The fourth-order valence-electron chi connectivity index (χ4n) is 12.8.